The van der Waals surface area contributed by atoms with Gasteiger partial charge in [0.2, 0.25) is 0 Å². The maximum atomic E-state index is 13.0. The van der Waals surface area contributed by atoms with Crippen LogP contribution in [0.4, 0.5) is 13.2 Å². The number of rotatable bonds is 5. The van der Waals surface area contributed by atoms with Crippen LogP contribution in [-0.2, 0) is 6.18 Å². The molecule has 1 atom stereocenters. The first-order chi connectivity index (χ1) is 14.3. The summed E-state index contributed by atoms with van der Waals surface area (Å²) in [6, 6.07) is 11.6. The van der Waals surface area contributed by atoms with E-state index >= 15 is 0 Å². The van der Waals surface area contributed by atoms with Crippen molar-refractivity contribution in [3.63, 3.8) is 0 Å². The van der Waals surface area contributed by atoms with E-state index in [4.69, 9.17) is 4.42 Å². The summed E-state index contributed by atoms with van der Waals surface area (Å²) in [7, 11) is 0. The van der Waals surface area contributed by atoms with Gasteiger partial charge in [-0.2, -0.15) is 13.2 Å². The summed E-state index contributed by atoms with van der Waals surface area (Å²) in [6.07, 6.45) is -2.00. The van der Waals surface area contributed by atoms with Crippen molar-refractivity contribution < 1.29 is 22.4 Å². The lowest BCUT2D eigenvalue weighted by Gasteiger charge is -2.16. The number of Topliss-reactive ketones (excluding diaryl/α,β-unsaturated/α-hetero) is 1. The fraction of sp³-hybridized carbons (Fsp3) is 0.304. The Kier molecular flexibility index (Phi) is 5.47. The number of alkyl halides is 3. The zero-order valence-corrected chi connectivity index (χ0v) is 16.1. The summed E-state index contributed by atoms with van der Waals surface area (Å²) in [5.41, 5.74) is 0.737. The Hall–Kier alpha value is -2.93. The van der Waals surface area contributed by atoms with Gasteiger partial charge in [0.25, 0.3) is 0 Å². The highest BCUT2D eigenvalue weighted by atomic mass is 19.4. The molecule has 2 heterocycles. The van der Waals surface area contributed by atoms with Gasteiger partial charge in [0, 0.05) is 31.1 Å². The number of hydrogen-bond donors (Lipinski definition) is 0. The third kappa shape index (κ3) is 4.31. The lowest BCUT2D eigenvalue weighted by molar-refractivity contribution is -0.137. The van der Waals surface area contributed by atoms with Crippen molar-refractivity contribution in [1.82, 2.24) is 4.90 Å². The molecule has 1 fully saturated rings. The van der Waals surface area contributed by atoms with Crippen molar-refractivity contribution in [3.05, 3.63) is 81.7 Å². The Morgan fingerprint density at radius 3 is 2.77 bits per heavy atom. The summed E-state index contributed by atoms with van der Waals surface area (Å²) in [6.45, 7) is 1.88. The maximum absolute atomic E-state index is 13.0. The number of carbonyl (C=O) groups is 1. The number of fused-ring (bicyclic) bond motifs is 1. The number of hydrogen-bond acceptors (Lipinski definition) is 4. The van der Waals surface area contributed by atoms with E-state index in [-0.39, 0.29) is 23.6 Å². The second-order valence-electron chi connectivity index (χ2n) is 7.58. The van der Waals surface area contributed by atoms with E-state index in [0.29, 0.717) is 35.2 Å². The van der Waals surface area contributed by atoms with Crippen molar-refractivity contribution in [2.24, 2.45) is 0 Å². The average molecular weight is 415 g/mol. The first-order valence-electron chi connectivity index (χ1n) is 9.75. The fourth-order valence-corrected chi connectivity index (χ4v) is 3.94. The van der Waals surface area contributed by atoms with Crippen LogP contribution in [0.3, 0.4) is 0 Å². The molecule has 0 radical (unpaired) electrons. The molecule has 0 amide bonds. The highest BCUT2D eigenvalue weighted by Crippen LogP contribution is 2.33. The molecule has 0 spiro atoms. The van der Waals surface area contributed by atoms with Gasteiger partial charge in [-0.15, -0.1) is 0 Å². The normalized spacial score (nSPS) is 17.5. The number of nitrogens with zero attached hydrogens (tertiary/aromatic N) is 1. The van der Waals surface area contributed by atoms with E-state index in [1.807, 2.05) is 0 Å². The molecule has 156 valence electrons. The summed E-state index contributed by atoms with van der Waals surface area (Å²) < 4.78 is 44.1. The van der Waals surface area contributed by atoms with Gasteiger partial charge in [-0.3, -0.25) is 9.59 Å². The van der Waals surface area contributed by atoms with Crippen LogP contribution in [0.25, 0.3) is 11.0 Å². The van der Waals surface area contributed by atoms with Gasteiger partial charge in [-0.1, -0.05) is 18.2 Å². The van der Waals surface area contributed by atoms with Crippen molar-refractivity contribution in [2.75, 3.05) is 19.6 Å². The molecule has 1 saturated heterocycles. The number of carbonyl (C=O) groups excluding carboxylic acids is 1. The molecule has 4 rings (SSSR count). The molecule has 30 heavy (non-hydrogen) atoms. The summed E-state index contributed by atoms with van der Waals surface area (Å²) >= 11 is 0. The van der Waals surface area contributed by atoms with Crippen LogP contribution in [0.5, 0.6) is 0 Å². The molecule has 0 N–H and O–H groups in total. The molecular weight excluding hydrogens is 395 g/mol. The molecule has 7 heteroatoms. The lowest BCUT2D eigenvalue weighted by Crippen LogP contribution is -2.23. The summed E-state index contributed by atoms with van der Waals surface area (Å²) in [5.74, 6) is -0.0598. The molecule has 1 unspecified atom stereocenters. The Morgan fingerprint density at radius 2 is 1.97 bits per heavy atom. The number of benzene rings is 2. The molecule has 4 nitrogen and oxygen atoms in total. The molecule has 1 aliphatic rings. The Labute approximate surface area is 170 Å². The molecule has 1 aromatic heterocycles. The van der Waals surface area contributed by atoms with Crippen molar-refractivity contribution in [1.29, 1.82) is 0 Å². The number of halogens is 3. The van der Waals surface area contributed by atoms with Crippen molar-refractivity contribution in [3.8, 4) is 0 Å². The topological polar surface area (TPSA) is 50.5 Å². The third-order valence-corrected chi connectivity index (χ3v) is 5.59. The van der Waals surface area contributed by atoms with Crippen molar-refractivity contribution in [2.45, 2.75) is 24.9 Å². The number of ketones is 1. The Morgan fingerprint density at radius 1 is 1.13 bits per heavy atom. The van der Waals surface area contributed by atoms with Gasteiger partial charge < -0.3 is 9.32 Å². The van der Waals surface area contributed by atoms with Crippen LogP contribution in [-0.4, -0.2) is 30.3 Å². The summed E-state index contributed by atoms with van der Waals surface area (Å²) in [4.78, 5) is 26.6. The maximum Gasteiger partial charge on any atom is 0.416 e. The fourth-order valence-electron chi connectivity index (χ4n) is 3.94. The van der Waals surface area contributed by atoms with E-state index in [9.17, 15) is 22.8 Å². The second kappa shape index (κ2) is 8.07. The van der Waals surface area contributed by atoms with Crippen molar-refractivity contribution >= 4 is 16.8 Å². The van der Waals surface area contributed by atoms with Crippen LogP contribution in [0, 0.1) is 0 Å². The minimum atomic E-state index is -4.35. The number of likely N-dealkylation sites (tertiary alicyclic amines) is 1. The van der Waals surface area contributed by atoms with Gasteiger partial charge in [0.1, 0.15) is 5.58 Å². The SMILES string of the molecule is O=C(CCN1CCC(c2cccc(C(F)(F)F)c2)C1)c1ccc2occc(=O)c2c1. The first kappa shape index (κ1) is 20.3. The van der Waals surface area contributed by atoms with Crippen LogP contribution in [0.15, 0.2) is 64.0 Å². The standard InChI is InChI=1S/C23H20F3NO3/c24-23(25,26)18-3-1-2-15(12-18)17-6-9-27(14-17)10-7-20(28)16-4-5-22-19(13-16)21(29)8-11-30-22/h1-5,8,11-13,17H,6-7,9-10,14H2. The van der Waals surface area contributed by atoms with Gasteiger partial charge in [0.15, 0.2) is 11.2 Å². The van der Waals surface area contributed by atoms with E-state index in [1.54, 1.807) is 24.3 Å². The lowest BCUT2D eigenvalue weighted by atomic mass is 9.96. The predicted molar refractivity (Wildman–Crippen MR) is 107 cm³/mol. The van der Waals surface area contributed by atoms with E-state index in [0.717, 1.165) is 19.0 Å². The van der Waals surface area contributed by atoms with Gasteiger partial charge in [-0.05, 0) is 48.7 Å². The molecule has 0 saturated carbocycles. The Bertz CT molecular complexity index is 1140. The third-order valence-electron chi connectivity index (χ3n) is 5.59. The highest BCUT2D eigenvalue weighted by Gasteiger charge is 2.32. The van der Waals surface area contributed by atoms with Crippen LogP contribution >= 0.6 is 0 Å². The van der Waals surface area contributed by atoms with E-state index < -0.39 is 11.7 Å². The minimum Gasteiger partial charge on any atom is -0.464 e. The van der Waals surface area contributed by atoms with Gasteiger partial charge in [0.05, 0.1) is 17.2 Å². The van der Waals surface area contributed by atoms with Gasteiger partial charge in [-0.25, -0.2) is 0 Å². The quantitative estimate of drug-likeness (QED) is 0.558. The second-order valence-corrected chi connectivity index (χ2v) is 7.58. The van der Waals surface area contributed by atoms with Crippen LogP contribution in [0.1, 0.15) is 40.2 Å². The van der Waals surface area contributed by atoms with Gasteiger partial charge >= 0.3 is 6.18 Å². The Balaban J connectivity index is 1.38. The largest absolute Gasteiger partial charge is 0.464 e. The zero-order valence-electron chi connectivity index (χ0n) is 16.1. The molecule has 1 aliphatic heterocycles. The van der Waals surface area contributed by atoms with E-state index in [2.05, 4.69) is 4.90 Å². The van der Waals surface area contributed by atoms with Crippen LogP contribution in [0.2, 0.25) is 0 Å². The zero-order chi connectivity index (χ0) is 21.3. The monoisotopic (exact) mass is 415 g/mol. The molecule has 0 bridgehead atoms. The highest BCUT2D eigenvalue weighted by molar-refractivity contribution is 5.99. The smallest absolute Gasteiger partial charge is 0.416 e. The minimum absolute atomic E-state index is 0.0210. The molecular formula is C23H20F3NO3. The predicted octanol–water partition coefficient (Wildman–Crippen LogP) is 4.87. The molecule has 2 aromatic carbocycles. The van der Waals surface area contributed by atoms with Crippen LogP contribution < -0.4 is 5.43 Å². The molecule has 0 aliphatic carbocycles. The average Bonchev–Trinajstić information content (AvgIpc) is 3.21. The summed E-state index contributed by atoms with van der Waals surface area (Å²) in [5, 5.41) is 0.370. The first-order valence-corrected chi connectivity index (χ1v) is 9.75. The molecule has 3 aromatic rings. The van der Waals surface area contributed by atoms with E-state index in [1.165, 1.54) is 24.5 Å².